The lowest BCUT2D eigenvalue weighted by molar-refractivity contribution is 0.0953. The fraction of sp³-hybridized carbons (Fsp3) is 0.389. The van der Waals surface area contributed by atoms with Crippen LogP contribution in [0, 0.1) is 13.8 Å². The van der Waals surface area contributed by atoms with Crippen molar-refractivity contribution in [3.63, 3.8) is 0 Å². The van der Waals surface area contributed by atoms with Crippen LogP contribution < -0.4 is 10.1 Å². The highest BCUT2D eigenvalue weighted by Crippen LogP contribution is 2.15. The first-order chi connectivity index (χ1) is 10.6. The first-order valence-corrected chi connectivity index (χ1v) is 7.64. The molecule has 0 spiro atoms. The lowest BCUT2D eigenvalue weighted by atomic mass is 10.1. The minimum absolute atomic E-state index is 0.00121. The molecular formula is C18H24N2O2. The van der Waals surface area contributed by atoms with E-state index in [-0.39, 0.29) is 5.91 Å². The van der Waals surface area contributed by atoms with Gasteiger partial charge >= 0.3 is 0 Å². The molecule has 1 heterocycles. The van der Waals surface area contributed by atoms with E-state index in [0.29, 0.717) is 6.54 Å². The normalized spacial score (nSPS) is 10.5. The minimum atomic E-state index is 0.00121. The molecular weight excluding hydrogens is 276 g/mol. The van der Waals surface area contributed by atoms with Crippen molar-refractivity contribution in [2.24, 2.45) is 0 Å². The highest BCUT2D eigenvalue weighted by atomic mass is 16.5. The van der Waals surface area contributed by atoms with E-state index in [1.807, 2.05) is 44.2 Å². The van der Waals surface area contributed by atoms with Crippen molar-refractivity contribution >= 4 is 5.91 Å². The van der Waals surface area contributed by atoms with Gasteiger partial charge in [0.2, 0.25) is 0 Å². The van der Waals surface area contributed by atoms with E-state index < -0.39 is 0 Å². The fourth-order valence-corrected chi connectivity index (χ4v) is 2.73. The number of methoxy groups -OCH3 is 1. The van der Waals surface area contributed by atoms with Gasteiger partial charge in [-0.1, -0.05) is 12.1 Å². The van der Waals surface area contributed by atoms with E-state index in [1.54, 1.807) is 7.11 Å². The Morgan fingerprint density at radius 1 is 1.23 bits per heavy atom. The summed E-state index contributed by atoms with van der Waals surface area (Å²) in [6.07, 6.45) is 0.808. The monoisotopic (exact) mass is 300 g/mol. The first-order valence-electron chi connectivity index (χ1n) is 7.64. The van der Waals surface area contributed by atoms with Gasteiger partial charge in [0.15, 0.2) is 0 Å². The van der Waals surface area contributed by atoms with Crippen LogP contribution in [-0.2, 0) is 13.0 Å². The maximum atomic E-state index is 12.3. The number of aryl methyl sites for hydroxylation is 1. The highest BCUT2D eigenvalue weighted by Gasteiger charge is 2.14. The summed E-state index contributed by atoms with van der Waals surface area (Å²) in [5.74, 6) is 0.848. The molecule has 1 amide bonds. The number of ether oxygens (including phenoxy) is 1. The number of nitrogens with zero attached hydrogens (tertiary/aromatic N) is 1. The maximum absolute atomic E-state index is 12.3. The molecule has 0 saturated heterocycles. The van der Waals surface area contributed by atoms with Crippen LogP contribution in [0.3, 0.4) is 0 Å². The van der Waals surface area contributed by atoms with Crippen LogP contribution in [0.1, 0.15) is 34.2 Å². The van der Waals surface area contributed by atoms with Crippen LogP contribution in [0.15, 0.2) is 30.3 Å². The third-order valence-electron chi connectivity index (χ3n) is 3.99. The minimum Gasteiger partial charge on any atom is -0.497 e. The Morgan fingerprint density at radius 2 is 1.91 bits per heavy atom. The molecule has 0 bridgehead atoms. The number of carbonyl (C=O) groups excluding carboxylic acids is 1. The standard InChI is InChI=1S/C18H24N2O2/c1-5-20-13(2)12-17(14(20)3)18(21)19-11-10-15-6-8-16(22-4)9-7-15/h6-9,12H,5,10-11H2,1-4H3,(H,19,21). The predicted molar refractivity (Wildman–Crippen MR) is 88.6 cm³/mol. The Morgan fingerprint density at radius 3 is 2.45 bits per heavy atom. The van der Waals surface area contributed by atoms with E-state index in [2.05, 4.69) is 16.8 Å². The van der Waals surface area contributed by atoms with Crippen LogP contribution in [0.2, 0.25) is 0 Å². The maximum Gasteiger partial charge on any atom is 0.253 e. The largest absolute Gasteiger partial charge is 0.497 e. The number of amides is 1. The third-order valence-corrected chi connectivity index (χ3v) is 3.99. The number of aromatic nitrogens is 1. The summed E-state index contributed by atoms with van der Waals surface area (Å²) in [7, 11) is 1.65. The van der Waals surface area contributed by atoms with Crippen LogP contribution >= 0.6 is 0 Å². The number of hydrogen-bond donors (Lipinski definition) is 1. The number of benzene rings is 1. The smallest absolute Gasteiger partial charge is 0.253 e. The summed E-state index contributed by atoms with van der Waals surface area (Å²) < 4.78 is 7.29. The second kappa shape index (κ2) is 7.16. The lowest BCUT2D eigenvalue weighted by Crippen LogP contribution is -2.26. The number of nitrogens with one attached hydrogen (secondary N) is 1. The van der Waals surface area contributed by atoms with Gasteiger partial charge in [-0.3, -0.25) is 4.79 Å². The zero-order valence-corrected chi connectivity index (χ0v) is 13.8. The van der Waals surface area contributed by atoms with Crippen LogP contribution in [0.5, 0.6) is 5.75 Å². The van der Waals surface area contributed by atoms with Crippen molar-refractivity contribution in [2.45, 2.75) is 33.7 Å². The first kappa shape index (κ1) is 16.1. The molecule has 0 saturated carbocycles. The van der Waals surface area contributed by atoms with Gasteiger partial charge in [0.25, 0.3) is 5.91 Å². The van der Waals surface area contributed by atoms with Crippen molar-refractivity contribution in [3.05, 3.63) is 52.8 Å². The molecule has 2 rings (SSSR count). The molecule has 0 aliphatic rings. The average molecular weight is 300 g/mol. The SMILES string of the molecule is CCn1c(C)cc(C(=O)NCCc2ccc(OC)cc2)c1C. The van der Waals surface area contributed by atoms with Gasteiger partial charge in [-0.05, 0) is 51.0 Å². The lowest BCUT2D eigenvalue weighted by Gasteiger charge is -2.07. The summed E-state index contributed by atoms with van der Waals surface area (Å²) in [6.45, 7) is 7.63. The molecule has 0 radical (unpaired) electrons. The molecule has 118 valence electrons. The van der Waals surface area contributed by atoms with Gasteiger partial charge in [-0.25, -0.2) is 0 Å². The quantitative estimate of drug-likeness (QED) is 0.891. The summed E-state index contributed by atoms with van der Waals surface area (Å²) in [5.41, 5.74) is 4.11. The molecule has 0 unspecified atom stereocenters. The Bertz CT molecular complexity index is 642. The molecule has 2 aromatic rings. The van der Waals surface area contributed by atoms with Crippen LogP contribution in [0.4, 0.5) is 0 Å². The number of carbonyl (C=O) groups is 1. The van der Waals surface area contributed by atoms with Crippen molar-refractivity contribution in [1.29, 1.82) is 0 Å². The third kappa shape index (κ3) is 3.50. The van der Waals surface area contributed by atoms with Gasteiger partial charge < -0.3 is 14.6 Å². The van der Waals surface area contributed by atoms with Crippen molar-refractivity contribution in [1.82, 2.24) is 9.88 Å². The molecule has 1 N–H and O–H groups in total. The average Bonchev–Trinajstić information content (AvgIpc) is 2.82. The van der Waals surface area contributed by atoms with Crippen LogP contribution in [0.25, 0.3) is 0 Å². The van der Waals surface area contributed by atoms with E-state index in [9.17, 15) is 4.79 Å². The summed E-state index contributed by atoms with van der Waals surface area (Å²) >= 11 is 0. The summed E-state index contributed by atoms with van der Waals surface area (Å²) in [5, 5.41) is 3.00. The van der Waals surface area contributed by atoms with E-state index in [1.165, 1.54) is 5.56 Å². The van der Waals surface area contributed by atoms with Crippen molar-refractivity contribution in [2.75, 3.05) is 13.7 Å². The topological polar surface area (TPSA) is 43.3 Å². The van der Waals surface area contributed by atoms with E-state index >= 15 is 0 Å². The molecule has 4 heteroatoms. The predicted octanol–water partition coefficient (Wildman–Crippen LogP) is 3.11. The molecule has 0 atom stereocenters. The Hall–Kier alpha value is -2.23. The van der Waals surface area contributed by atoms with E-state index in [4.69, 9.17) is 4.74 Å². The van der Waals surface area contributed by atoms with Gasteiger partial charge in [0.05, 0.1) is 12.7 Å². The second-order valence-electron chi connectivity index (χ2n) is 5.38. The van der Waals surface area contributed by atoms with Gasteiger partial charge in [-0.15, -0.1) is 0 Å². The molecule has 0 fully saturated rings. The number of rotatable bonds is 6. The van der Waals surface area contributed by atoms with Crippen molar-refractivity contribution in [3.8, 4) is 5.75 Å². The highest BCUT2D eigenvalue weighted by molar-refractivity contribution is 5.95. The van der Waals surface area contributed by atoms with Gasteiger partial charge in [0.1, 0.15) is 5.75 Å². The molecule has 0 aliphatic heterocycles. The van der Waals surface area contributed by atoms with E-state index in [0.717, 1.165) is 35.7 Å². The molecule has 1 aromatic heterocycles. The van der Waals surface area contributed by atoms with Gasteiger partial charge in [0, 0.05) is 24.5 Å². The molecule has 22 heavy (non-hydrogen) atoms. The Kier molecular flexibility index (Phi) is 5.26. The molecule has 1 aromatic carbocycles. The van der Waals surface area contributed by atoms with Crippen LogP contribution in [-0.4, -0.2) is 24.1 Å². The zero-order chi connectivity index (χ0) is 16.1. The Labute approximate surface area is 132 Å². The summed E-state index contributed by atoms with van der Waals surface area (Å²) in [6, 6.07) is 9.88. The molecule has 0 aliphatic carbocycles. The zero-order valence-electron chi connectivity index (χ0n) is 13.8. The van der Waals surface area contributed by atoms with Gasteiger partial charge in [-0.2, -0.15) is 0 Å². The van der Waals surface area contributed by atoms with Crippen molar-refractivity contribution < 1.29 is 9.53 Å². The fourth-order valence-electron chi connectivity index (χ4n) is 2.73. The number of hydrogen-bond acceptors (Lipinski definition) is 2. The molecule has 4 nitrogen and oxygen atoms in total. The Balaban J connectivity index is 1.92. The summed E-state index contributed by atoms with van der Waals surface area (Å²) in [4.78, 5) is 12.3. The second-order valence-corrected chi connectivity index (χ2v) is 5.38.